The molecule has 1 unspecified atom stereocenters. The Kier molecular flexibility index (Phi) is 3.67. The van der Waals surface area contributed by atoms with E-state index >= 15 is 0 Å². The fourth-order valence-corrected chi connectivity index (χ4v) is 2.45. The van der Waals surface area contributed by atoms with Crippen molar-refractivity contribution in [1.82, 2.24) is 15.3 Å². The number of aromatic nitrogens is 3. The van der Waals surface area contributed by atoms with Gasteiger partial charge in [-0.2, -0.15) is 18.2 Å². The van der Waals surface area contributed by atoms with Gasteiger partial charge in [0.05, 0.1) is 5.69 Å². The van der Waals surface area contributed by atoms with E-state index in [1.165, 1.54) is 6.26 Å². The van der Waals surface area contributed by atoms with Gasteiger partial charge in [0.2, 0.25) is 5.60 Å². The first-order valence-electron chi connectivity index (χ1n) is 6.86. The van der Waals surface area contributed by atoms with Crippen LogP contribution in [0.3, 0.4) is 0 Å². The summed E-state index contributed by atoms with van der Waals surface area (Å²) in [4.78, 5) is 3.90. The van der Waals surface area contributed by atoms with E-state index in [0.717, 1.165) is 0 Å². The number of halogens is 3. The standard InChI is InChI=1S/C13H14F3N3O3/c1-8-9(7-21-18-8)6-10-17-11(22-19-10)12(13(14,15)16)4-2-3-5-20-12/h7H,2-6H2,1H3. The number of hydrogen-bond donors (Lipinski definition) is 0. The smallest absolute Gasteiger partial charge is 0.364 e. The molecule has 6 nitrogen and oxygen atoms in total. The van der Waals surface area contributed by atoms with Crippen LogP contribution >= 0.6 is 0 Å². The van der Waals surface area contributed by atoms with Gasteiger partial charge in [-0.25, -0.2) is 0 Å². The maximum absolute atomic E-state index is 13.5. The van der Waals surface area contributed by atoms with Crippen LogP contribution in [0.25, 0.3) is 0 Å². The van der Waals surface area contributed by atoms with Crippen LogP contribution in [0.4, 0.5) is 13.2 Å². The SMILES string of the molecule is Cc1nocc1Cc1noc(C2(C(F)(F)F)CCCCO2)n1. The molecule has 120 valence electrons. The minimum Gasteiger partial charge on any atom is -0.364 e. The number of rotatable bonds is 3. The minimum absolute atomic E-state index is 0.0159. The molecule has 0 aromatic carbocycles. The summed E-state index contributed by atoms with van der Waals surface area (Å²) < 4.78 is 55.0. The molecule has 0 spiro atoms. The molecule has 1 fully saturated rings. The largest absolute Gasteiger partial charge is 0.426 e. The minimum atomic E-state index is -4.61. The average molecular weight is 317 g/mol. The monoisotopic (exact) mass is 317 g/mol. The van der Waals surface area contributed by atoms with Gasteiger partial charge in [-0.1, -0.05) is 10.3 Å². The molecule has 3 rings (SSSR count). The number of hydrogen-bond acceptors (Lipinski definition) is 6. The topological polar surface area (TPSA) is 74.2 Å². The Hall–Kier alpha value is -1.90. The lowest BCUT2D eigenvalue weighted by Gasteiger charge is -2.35. The zero-order chi connectivity index (χ0) is 15.8. The van der Waals surface area contributed by atoms with Crippen LogP contribution in [0.1, 0.15) is 42.2 Å². The Morgan fingerprint density at radius 2 is 2.09 bits per heavy atom. The molecule has 22 heavy (non-hydrogen) atoms. The van der Waals surface area contributed by atoms with Gasteiger partial charge >= 0.3 is 6.18 Å². The quantitative estimate of drug-likeness (QED) is 0.866. The van der Waals surface area contributed by atoms with Crippen molar-refractivity contribution in [2.75, 3.05) is 6.61 Å². The Morgan fingerprint density at radius 1 is 1.27 bits per heavy atom. The van der Waals surface area contributed by atoms with Crippen molar-refractivity contribution in [1.29, 1.82) is 0 Å². The van der Waals surface area contributed by atoms with E-state index in [-0.39, 0.29) is 25.3 Å². The molecule has 0 N–H and O–H groups in total. The number of nitrogens with zero attached hydrogens (tertiary/aromatic N) is 3. The molecule has 2 aromatic heterocycles. The third-order valence-corrected chi connectivity index (χ3v) is 3.74. The van der Waals surface area contributed by atoms with Gasteiger partial charge in [-0.15, -0.1) is 0 Å². The molecule has 1 saturated heterocycles. The fourth-order valence-electron chi connectivity index (χ4n) is 2.45. The van der Waals surface area contributed by atoms with E-state index in [4.69, 9.17) is 13.8 Å². The Labute approximate surface area is 123 Å². The van der Waals surface area contributed by atoms with E-state index in [1.807, 2.05) is 0 Å². The highest BCUT2D eigenvalue weighted by Crippen LogP contribution is 2.47. The van der Waals surface area contributed by atoms with E-state index in [0.29, 0.717) is 24.1 Å². The molecule has 0 radical (unpaired) electrons. The molecule has 1 atom stereocenters. The van der Waals surface area contributed by atoms with Crippen molar-refractivity contribution in [3.8, 4) is 0 Å². The van der Waals surface area contributed by atoms with Gasteiger partial charge < -0.3 is 13.8 Å². The summed E-state index contributed by atoms with van der Waals surface area (Å²) in [6.45, 7) is 1.74. The molecule has 3 heterocycles. The van der Waals surface area contributed by atoms with Crippen molar-refractivity contribution in [3.63, 3.8) is 0 Å². The molecular formula is C13H14F3N3O3. The number of aryl methyl sites for hydroxylation is 1. The molecule has 9 heteroatoms. The first kappa shape index (κ1) is 15.0. The predicted molar refractivity (Wildman–Crippen MR) is 65.9 cm³/mol. The fraction of sp³-hybridized carbons (Fsp3) is 0.615. The summed E-state index contributed by atoms with van der Waals surface area (Å²) in [5.41, 5.74) is -1.18. The van der Waals surface area contributed by atoms with E-state index in [2.05, 4.69) is 15.3 Å². The number of ether oxygens (including phenoxy) is 1. The first-order valence-corrected chi connectivity index (χ1v) is 6.86. The van der Waals surface area contributed by atoms with Crippen molar-refractivity contribution in [2.45, 2.75) is 44.4 Å². The molecular weight excluding hydrogens is 303 g/mol. The van der Waals surface area contributed by atoms with Gasteiger partial charge in [0.1, 0.15) is 6.26 Å². The lowest BCUT2D eigenvalue weighted by molar-refractivity contribution is -0.305. The van der Waals surface area contributed by atoms with Crippen molar-refractivity contribution >= 4 is 0 Å². The van der Waals surface area contributed by atoms with Crippen LogP contribution in [0.15, 0.2) is 15.3 Å². The first-order chi connectivity index (χ1) is 10.4. The van der Waals surface area contributed by atoms with Crippen molar-refractivity contribution in [2.24, 2.45) is 0 Å². The highest BCUT2D eigenvalue weighted by atomic mass is 19.4. The molecule has 0 bridgehead atoms. The lowest BCUT2D eigenvalue weighted by Crippen LogP contribution is -2.47. The van der Waals surface area contributed by atoms with Crippen LogP contribution < -0.4 is 0 Å². The van der Waals surface area contributed by atoms with E-state index < -0.39 is 17.7 Å². The van der Waals surface area contributed by atoms with Crippen molar-refractivity contribution in [3.05, 3.63) is 29.2 Å². The predicted octanol–water partition coefficient (Wildman–Crippen LogP) is 2.91. The number of alkyl halides is 3. The van der Waals surface area contributed by atoms with E-state index in [9.17, 15) is 13.2 Å². The molecule has 1 aliphatic heterocycles. The van der Waals surface area contributed by atoms with Crippen LogP contribution in [-0.2, 0) is 16.8 Å². The zero-order valence-electron chi connectivity index (χ0n) is 11.8. The Morgan fingerprint density at radius 3 is 2.68 bits per heavy atom. The van der Waals surface area contributed by atoms with Gasteiger partial charge in [0.25, 0.3) is 5.89 Å². The maximum atomic E-state index is 13.5. The summed E-state index contributed by atoms with van der Waals surface area (Å²) in [5.74, 6) is -0.400. The zero-order valence-corrected chi connectivity index (χ0v) is 11.8. The van der Waals surface area contributed by atoms with Gasteiger partial charge in [-0.3, -0.25) is 0 Å². The summed E-state index contributed by atoms with van der Waals surface area (Å²) in [6.07, 6.45) is -2.26. The average Bonchev–Trinajstić information content (AvgIpc) is 3.09. The molecule has 2 aromatic rings. The third kappa shape index (κ3) is 2.49. The normalized spacial score (nSPS) is 22.9. The molecule has 0 aliphatic carbocycles. The lowest BCUT2D eigenvalue weighted by atomic mass is 9.93. The molecule has 0 saturated carbocycles. The highest BCUT2D eigenvalue weighted by molar-refractivity contribution is 5.18. The summed E-state index contributed by atoms with van der Waals surface area (Å²) in [5, 5.41) is 7.33. The second-order valence-electron chi connectivity index (χ2n) is 5.25. The maximum Gasteiger partial charge on any atom is 0.426 e. The second-order valence-corrected chi connectivity index (χ2v) is 5.25. The van der Waals surface area contributed by atoms with Gasteiger partial charge in [0.15, 0.2) is 5.82 Å². The molecule has 1 aliphatic rings. The van der Waals surface area contributed by atoms with Crippen LogP contribution in [0.5, 0.6) is 0 Å². The summed E-state index contributed by atoms with van der Waals surface area (Å²) >= 11 is 0. The Balaban J connectivity index is 1.89. The van der Waals surface area contributed by atoms with Crippen molar-refractivity contribution < 1.29 is 27.0 Å². The highest BCUT2D eigenvalue weighted by Gasteiger charge is 2.61. The van der Waals surface area contributed by atoms with E-state index in [1.54, 1.807) is 6.92 Å². The van der Waals surface area contributed by atoms with Crippen LogP contribution in [0.2, 0.25) is 0 Å². The summed E-state index contributed by atoms with van der Waals surface area (Å²) in [6, 6.07) is 0. The Bertz CT molecular complexity index is 644. The van der Waals surface area contributed by atoms with Gasteiger partial charge in [-0.05, 0) is 26.2 Å². The molecule has 0 amide bonds. The second kappa shape index (κ2) is 5.38. The third-order valence-electron chi connectivity index (χ3n) is 3.74. The summed E-state index contributed by atoms with van der Waals surface area (Å²) in [7, 11) is 0. The van der Waals surface area contributed by atoms with Crippen LogP contribution in [0, 0.1) is 6.92 Å². The van der Waals surface area contributed by atoms with Crippen LogP contribution in [-0.4, -0.2) is 28.1 Å². The van der Waals surface area contributed by atoms with Gasteiger partial charge in [0, 0.05) is 18.6 Å².